The smallest absolute Gasteiger partial charge is 0.0693 e. The molecule has 1 aromatic carbocycles. The molecule has 1 nitrogen and oxygen atoms in total. The molecule has 0 fully saturated rings. The lowest BCUT2D eigenvalue weighted by Crippen LogP contribution is -2.05. The number of nitrogens with zero attached hydrogens (tertiary/aromatic N) is 1. The topological polar surface area (TPSA) is 23.8 Å². The quantitative estimate of drug-likeness (QED) is 0.614. The number of hydrogen-bond acceptors (Lipinski definition) is 1. The molecular weight excluding hydrogens is 170 g/mol. The summed E-state index contributed by atoms with van der Waals surface area (Å²) in [5.74, 6) is 6.05. The molecule has 0 aliphatic heterocycles. The minimum Gasteiger partial charge on any atom is -0.198 e. The molecule has 1 aromatic rings. The number of nitriles is 1. The van der Waals surface area contributed by atoms with Gasteiger partial charge in [-0.3, -0.25) is 0 Å². The van der Waals surface area contributed by atoms with E-state index >= 15 is 0 Å². The predicted octanol–water partition coefficient (Wildman–Crippen LogP) is 2.98. The third-order valence-corrected chi connectivity index (χ3v) is 1.84. The van der Waals surface area contributed by atoms with Crippen molar-refractivity contribution >= 4 is 0 Å². The van der Waals surface area contributed by atoms with Crippen molar-refractivity contribution in [3.63, 3.8) is 0 Å². The van der Waals surface area contributed by atoms with Crippen LogP contribution in [0.15, 0.2) is 30.3 Å². The second-order valence-corrected chi connectivity index (χ2v) is 3.84. The zero-order valence-electron chi connectivity index (χ0n) is 8.54. The number of hydrogen-bond donors (Lipinski definition) is 0. The van der Waals surface area contributed by atoms with Gasteiger partial charge in [-0.15, -0.1) is 0 Å². The molecule has 0 amide bonds. The van der Waals surface area contributed by atoms with E-state index in [9.17, 15) is 0 Å². The van der Waals surface area contributed by atoms with Crippen molar-refractivity contribution in [1.29, 1.82) is 5.26 Å². The van der Waals surface area contributed by atoms with Gasteiger partial charge >= 0.3 is 0 Å². The lowest BCUT2D eigenvalue weighted by Gasteiger charge is -2.08. The first-order valence-corrected chi connectivity index (χ1v) is 4.59. The number of benzene rings is 1. The fraction of sp³-hybridized carbons (Fsp3) is 0.308. The summed E-state index contributed by atoms with van der Waals surface area (Å²) in [4.78, 5) is 0. The summed E-state index contributed by atoms with van der Waals surface area (Å²) in [6, 6.07) is 12.0. The standard InChI is InChI=1S/C13H13N/c1-13(2,11-14)10-6-9-12-7-4-3-5-8-12/h3-5,7-8H,10H2,1-2H3. The third-order valence-electron chi connectivity index (χ3n) is 1.84. The van der Waals surface area contributed by atoms with E-state index in [-0.39, 0.29) is 5.41 Å². The van der Waals surface area contributed by atoms with Crippen LogP contribution in [0.2, 0.25) is 0 Å². The molecule has 70 valence electrons. The lowest BCUT2D eigenvalue weighted by atomic mass is 9.92. The van der Waals surface area contributed by atoms with Crippen LogP contribution in [0.4, 0.5) is 0 Å². The normalized spacial score (nSPS) is 9.79. The van der Waals surface area contributed by atoms with E-state index in [2.05, 4.69) is 17.9 Å². The van der Waals surface area contributed by atoms with Crippen LogP contribution in [0.1, 0.15) is 25.8 Å². The highest BCUT2D eigenvalue weighted by Gasteiger charge is 2.13. The molecule has 0 heterocycles. The summed E-state index contributed by atoms with van der Waals surface area (Å²) in [5, 5.41) is 8.77. The van der Waals surface area contributed by atoms with E-state index in [1.807, 2.05) is 44.2 Å². The third kappa shape index (κ3) is 3.33. The first-order chi connectivity index (χ1) is 6.64. The maximum atomic E-state index is 8.77. The van der Waals surface area contributed by atoms with Gasteiger partial charge in [-0.2, -0.15) is 5.26 Å². The zero-order chi connectivity index (χ0) is 10.4. The Morgan fingerprint density at radius 1 is 1.21 bits per heavy atom. The minimum atomic E-state index is -0.345. The Kier molecular flexibility index (Phi) is 3.32. The van der Waals surface area contributed by atoms with E-state index in [1.165, 1.54) is 0 Å². The summed E-state index contributed by atoms with van der Waals surface area (Å²) in [6.07, 6.45) is 0.610. The maximum absolute atomic E-state index is 8.77. The van der Waals surface area contributed by atoms with Gasteiger partial charge in [-0.05, 0) is 26.0 Å². The molecular formula is C13H13N. The average Bonchev–Trinajstić information content (AvgIpc) is 2.19. The fourth-order valence-corrected chi connectivity index (χ4v) is 0.928. The molecule has 0 saturated carbocycles. The Balaban J connectivity index is 2.64. The van der Waals surface area contributed by atoms with Gasteiger partial charge in [-0.1, -0.05) is 30.0 Å². The average molecular weight is 183 g/mol. The SMILES string of the molecule is CC(C)(C#N)CC#Cc1ccccc1. The highest BCUT2D eigenvalue weighted by Crippen LogP contribution is 2.17. The molecule has 0 saturated heterocycles. The molecule has 0 aromatic heterocycles. The van der Waals surface area contributed by atoms with E-state index in [4.69, 9.17) is 5.26 Å². The second-order valence-electron chi connectivity index (χ2n) is 3.84. The fourth-order valence-electron chi connectivity index (χ4n) is 0.928. The van der Waals surface area contributed by atoms with Crippen molar-refractivity contribution in [3.8, 4) is 17.9 Å². The van der Waals surface area contributed by atoms with E-state index in [1.54, 1.807) is 0 Å². The van der Waals surface area contributed by atoms with Gasteiger partial charge in [0, 0.05) is 12.0 Å². The van der Waals surface area contributed by atoms with Crippen LogP contribution in [0.3, 0.4) is 0 Å². The Morgan fingerprint density at radius 2 is 1.86 bits per heavy atom. The van der Waals surface area contributed by atoms with Gasteiger partial charge in [0.05, 0.1) is 11.5 Å². The van der Waals surface area contributed by atoms with Gasteiger partial charge in [-0.25, -0.2) is 0 Å². The van der Waals surface area contributed by atoms with Crippen molar-refractivity contribution in [1.82, 2.24) is 0 Å². The van der Waals surface area contributed by atoms with Crippen molar-refractivity contribution in [2.75, 3.05) is 0 Å². The van der Waals surface area contributed by atoms with E-state index in [0.29, 0.717) is 6.42 Å². The van der Waals surface area contributed by atoms with Gasteiger partial charge < -0.3 is 0 Å². The van der Waals surface area contributed by atoms with Gasteiger partial charge in [0.2, 0.25) is 0 Å². The predicted molar refractivity (Wildman–Crippen MR) is 57.3 cm³/mol. The van der Waals surface area contributed by atoms with Crippen LogP contribution in [-0.2, 0) is 0 Å². The van der Waals surface area contributed by atoms with Gasteiger partial charge in [0.1, 0.15) is 0 Å². The molecule has 0 radical (unpaired) electrons. The zero-order valence-corrected chi connectivity index (χ0v) is 8.54. The molecule has 0 atom stereocenters. The van der Waals surface area contributed by atoms with Crippen molar-refractivity contribution < 1.29 is 0 Å². The number of rotatable bonds is 1. The van der Waals surface area contributed by atoms with Crippen LogP contribution in [-0.4, -0.2) is 0 Å². The summed E-state index contributed by atoms with van der Waals surface area (Å²) in [6.45, 7) is 3.79. The van der Waals surface area contributed by atoms with Crippen LogP contribution < -0.4 is 0 Å². The first kappa shape index (κ1) is 10.4. The molecule has 0 aliphatic carbocycles. The Hall–Kier alpha value is -1.73. The molecule has 14 heavy (non-hydrogen) atoms. The van der Waals surface area contributed by atoms with Crippen LogP contribution in [0, 0.1) is 28.6 Å². The van der Waals surface area contributed by atoms with Crippen LogP contribution in [0.5, 0.6) is 0 Å². The Morgan fingerprint density at radius 3 is 2.43 bits per heavy atom. The molecule has 1 heteroatoms. The summed E-state index contributed by atoms with van der Waals surface area (Å²) in [7, 11) is 0. The molecule has 0 unspecified atom stereocenters. The maximum Gasteiger partial charge on any atom is 0.0693 e. The van der Waals surface area contributed by atoms with Crippen LogP contribution >= 0.6 is 0 Å². The summed E-state index contributed by atoms with van der Waals surface area (Å²) < 4.78 is 0. The summed E-state index contributed by atoms with van der Waals surface area (Å²) in [5.41, 5.74) is 0.656. The molecule has 0 spiro atoms. The largest absolute Gasteiger partial charge is 0.198 e. The van der Waals surface area contributed by atoms with Crippen LogP contribution in [0.25, 0.3) is 0 Å². The summed E-state index contributed by atoms with van der Waals surface area (Å²) >= 11 is 0. The molecule has 0 aliphatic rings. The highest BCUT2D eigenvalue weighted by molar-refractivity contribution is 5.33. The molecule has 0 N–H and O–H groups in total. The van der Waals surface area contributed by atoms with E-state index < -0.39 is 0 Å². The highest BCUT2D eigenvalue weighted by atomic mass is 14.3. The van der Waals surface area contributed by atoms with Gasteiger partial charge in [0.25, 0.3) is 0 Å². The second kappa shape index (κ2) is 4.49. The lowest BCUT2D eigenvalue weighted by molar-refractivity contribution is 0.513. The van der Waals surface area contributed by atoms with Gasteiger partial charge in [0.15, 0.2) is 0 Å². The van der Waals surface area contributed by atoms with Crippen molar-refractivity contribution in [3.05, 3.63) is 35.9 Å². The first-order valence-electron chi connectivity index (χ1n) is 4.59. The minimum absolute atomic E-state index is 0.345. The Bertz CT molecular complexity index is 385. The van der Waals surface area contributed by atoms with Crippen molar-refractivity contribution in [2.45, 2.75) is 20.3 Å². The molecule has 0 bridgehead atoms. The molecule has 1 rings (SSSR count). The van der Waals surface area contributed by atoms with Crippen molar-refractivity contribution in [2.24, 2.45) is 5.41 Å². The van der Waals surface area contributed by atoms with E-state index in [0.717, 1.165) is 5.56 Å². The Labute approximate surface area is 85.4 Å². The monoisotopic (exact) mass is 183 g/mol.